The lowest BCUT2D eigenvalue weighted by Crippen LogP contribution is -2.54. The molecule has 1 saturated carbocycles. The van der Waals surface area contributed by atoms with Gasteiger partial charge in [0.1, 0.15) is 23.0 Å². The molecule has 0 saturated heterocycles. The predicted molar refractivity (Wildman–Crippen MR) is 111 cm³/mol. The number of carbonyl (C=O) groups is 1. The van der Waals surface area contributed by atoms with Crippen LogP contribution in [0.15, 0.2) is 47.8 Å². The van der Waals surface area contributed by atoms with Gasteiger partial charge in [0.05, 0.1) is 29.0 Å². The van der Waals surface area contributed by atoms with Gasteiger partial charge in [-0.3, -0.25) is 4.79 Å². The molecule has 2 aromatic heterocycles. The van der Waals surface area contributed by atoms with Gasteiger partial charge in [-0.1, -0.05) is 0 Å². The van der Waals surface area contributed by atoms with E-state index >= 15 is 0 Å². The number of alkyl halides is 2. The zero-order valence-corrected chi connectivity index (χ0v) is 18.3. The maximum Gasteiger partial charge on any atom is 0.282 e. The fraction of sp³-hybridized carbons (Fsp3) is 0.333. The van der Waals surface area contributed by atoms with Crippen LogP contribution in [0, 0.1) is 12.7 Å². The number of hydrogen-bond acceptors (Lipinski definition) is 6. The number of sulfone groups is 1. The van der Waals surface area contributed by atoms with Crippen molar-refractivity contribution in [3.05, 3.63) is 65.8 Å². The van der Waals surface area contributed by atoms with Crippen LogP contribution in [0.1, 0.15) is 36.3 Å². The first-order valence-corrected chi connectivity index (χ1v) is 11.6. The maximum absolute atomic E-state index is 13.5. The number of halogens is 3. The molecule has 4 rings (SSSR count). The number of nitrogens with one attached hydrogen (secondary N) is 1. The van der Waals surface area contributed by atoms with Gasteiger partial charge in [-0.2, -0.15) is 5.10 Å². The second kappa shape index (κ2) is 8.93. The lowest BCUT2D eigenvalue weighted by molar-refractivity contribution is -0.121. The predicted octanol–water partition coefficient (Wildman–Crippen LogP) is 2.71. The first-order valence-electron chi connectivity index (χ1n) is 10.1. The van der Waals surface area contributed by atoms with Crippen LogP contribution in [-0.4, -0.2) is 45.4 Å². The van der Waals surface area contributed by atoms with Crippen LogP contribution in [0.4, 0.5) is 13.2 Å². The number of benzene rings is 1. The summed E-state index contributed by atoms with van der Waals surface area (Å²) in [6, 6.07) is 3.81. The summed E-state index contributed by atoms with van der Waals surface area (Å²) in [4.78, 5) is 20.5. The lowest BCUT2D eigenvalue weighted by Gasteiger charge is -2.36. The third-order valence-electron chi connectivity index (χ3n) is 5.51. The van der Waals surface area contributed by atoms with Gasteiger partial charge < -0.3 is 5.32 Å². The zero-order chi connectivity index (χ0) is 23.8. The second-order valence-corrected chi connectivity index (χ2v) is 9.91. The van der Waals surface area contributed by atoms with Gasteiger partial charge in [0.15, 0.2) is 9.84 Å². The molecule has 174 valence electrons. The standard InChI is InChI=1S/C21H20F3N5O3S/c1-12-25-9-15(10-26-12)29-11-13(20(28-29)21(23)24)8-19(30)27-17-6-7-18(17)33(31,32)16-4-2-14(22)3-5-16/h2-5,9-11,17-18,21H,6-8H2,1H3,(H,27,30)/t17-,18+/m1/s1. The highest BCUT2D eigenvalue weighted by Gasteiger charge is 2.42. The molecule has 1 fully saturated rings. The molecule has 12 heteroatoms. The van der Waals surface area contributed by atoms with Gasteiger partial charge >= 0.3 is 0 Å². The monoisotopic (exact) mass is 479 g/mol. The van der Waals surface area contributed by atoms with Crippen LogP contribution in [0.5, 0.6) is 0 Å². The summed E-state index contributed by atoms with van der Waals surface area (Å²) in [5.74, 6) is -0.647. The van der Waals surface area contributed by atoms with E-state index in [4.69, 9.17) is 0 Å². The van der Waals surface area contributed by atoms with Crippen molar-refractivity contribution < 1.29 is 26.4 Å². The van der Waals surface area contributed by atoms with Crippen LogP contribution in [-0.2, 0) is 21.1 Å². The molecule has 1 aliphatic carbocycles. The minimum absolute atomic E-state index is 0.0142. The van der Waals surface area contributed by atoms with E-state index in [1.54, 1.807) is 6.92 Å². The molecule has 2 atom stereocenters. The van der Waals surface area contributed by atoms with Crippen molar-refractivity contribution in [1.29, 1.82) is 0 Å². The fourth-order valence-electron chi connectivity index (χ4n) is 3.62. The Morgan fingerprint density at radius 1 is 1.18 bits per heavy atom. The van der Waals surface area contributed by atoms with Crippen molar-refractivity contribution in [1.82, 2.24) is 25.1 Å². The van der Waals surface area contributed by atoms with Gasteiger partial charge in [0.25, 0.3) is 6.43 Å². The van der Waals surface area contributed by atoms with Crippen molar-refractivity contribution in [3.63, 3.8) is 0 Å². The number of carbonyl (C=O) groups excluding carboxylic acids is 1. The number of rotatable bonds is 7. The number of hydrogen-bond donors (Lipinski definition) is 1. The molecule has 1 aliphatic rings. The summed E-state index contributed by atoms with van der Waals surface area (Å²) in [6.07, 6.45) is 1.61. The summed E-state index contributed by atoms with van der Waals surface area (Å²) >= 11 is 0. The van der Waals surface area contributed by atoms with E-state index in [9.17, 15) is 26.4 Å². The van der Waals surface area contributed by atoms with Crippen molar-refractivity contribution in [3.8, 4) is 5.69 Å². The van der Waals surface area contributed by atoms with E-state index in [1.807, 2.05) is 0 Å². The van der Waals surface area contributed by atoms with E-state index in [2.05, 4.69) is 20.4 Å². The normalized spacial score (nSPS) is 18.2. The summed E-state index contributed by atoms with van der Waals surface area (Å²) in [6.45, 7) is 1.68. The molecule has 1 aromatic carbocycles. The number of nitrogens with zero attached hydrogens (tertiary/aromatic N) is 4. The first kappa shape index (κ1) is 22.9. The molecule has 3 aromatic rings. The smallest absolute Gasteiger partial charge is 0.282 e. The largest absolute Gasteiger partial charge is 0.352 e. The van der Waals surface area contributed by atoms with E-state index in [1.165, 1.54) is 35.4 Å². The van der Waals surface area contributed by atoms with Gasteiger partial charge in [-0.25, -0.2) is 36.2 Å². The van der Waals surface area contributed by atoms with Crippen LogP contribution in [0.3, 0.4) is 0 Å². The molecular formula is C21H20F3N5O3S. The third kappa shape index (κ3) is 4.75. The SMILES string of the molecule is Cc1ncc(-n2cc(CC(=O)N[C@@H]3CC[C@@H]3S(=O)(=O)c3ccc(F)cc3)c(C(F)F)n2)cn1. The second-order valence-electron chi connectivity index (χ2n) is 7.74. The summed E-state index contributed by atoms with van der Waals surface area (Å²) in [5, 5.41) is 5.62. The molecular weight excluding hydrogens is 459 g/mol. The Hall–Kier alpha value is -3.28. The quantitative estimate of drug-likeness (QED) is 0.523. The molecule has 0 bridgehead atoms. The van der Waals surface area contributed by atoms with Crippen LogP contribution < -0.4 is 5.32 Å². The Labute approximate surface area is 187 Å². The highest BCUT2D eigenvalue weighted by atomic mass is 32.2. The van der Waals surface area contributed by atoms with Crippen LogP contribution in [0.25, 0.3) is 5.69 Å². The molecule has 1 amide bonds. The van der Waals surface area contributed by atoms with Crippen molar-refractivity contribution >= 4 is 15.7 Å². The molecule has 0 spiro atoms. The average Bonchev–Trinajstić information content (AvgIpc) is 3.15. The van der Waals surface area contributed by atoms with Gasteiger partial charge in [0, 0.05) is 17.8 Å². The van der Waals surface area contributed by atoms with Crippen molar-refractivity contribution in [2.24, 2.45) is 0 Å². The molecule has 8 nitrogen and oxygen atoms in total. The first-order chi connectivity index (χ1) is 15.6. The van der Waals surface area contributed by atoms with E-state index < -0.39 is 51.4 Å². The van der Waals surface area contributed by atoms with E-state index in [-0.39, 0.29) is 10.5 Å². The minimum Gasteiger partial charge on any atom is -0.352 e. The number of amides is 1. The molecule has 1 N–H and O–H groups in total. The molecule has 0 radical (unpaired) electrons. The van der Waals surface area contributed by atoms with Gasteiger partial charge in [0.2, 0.25) is 5.91 Å². The average molecular weight is 479 g/mol. The van der Waals surface area contributed by atoms with Crippen molar-refractivity contribution in [2.75, 3.05) is 0 Å². The Morgan fingerprint density at radius 3 is 2.42 bits per heavy atom. The minimum atomic E-state index is -3.78. The van der Waals surface area contributed by atoms with Crippen molar-refractivity contribution in [2.45, 2.75) is 48.8 Å². The van der Waals surface area contributed by atoms with E-state index in [0.29, 0.717) is 24.4 Å². The Kier molecular flexibility index (Phi) is 6.19. The number of aromatic nitrogens is 4. The van der Waals surface area contributed by atoms with Crippen LogP contribution in [0.2, 0.25) is 0 Å². The Balaban J connectivity index is 1.47. The Bertz CT molecular complexity index is 1260. The third-order valence-corrected chi connectivity index (χ3v) is 7.80. The maximum atomic E-state index is 13.5. The van der Waals surface area contributed by atoms with E-state index in [0.717, 1.165) is 12.1 Å². The van der Waals surface area contributed by atoms with Crippen LogP contribution >= 0.6 is 0 Å². The Morgan fingerprint density at radius 2 is 1.85 bits per heavy atom. The molecule has 2 heterocycles. The highest BCUT2D eigenvalue weighted by molar-refractivity contribution is 7.92. The summed E-state index contributed by atoms with van der Waals surface area (Å²) in [5.41, 5.74) is -0.172. The van der Waals surface area contributed by atoms with Gasteiger partial charge in [-0.05, 0) is 44.0 Å². The molecule has 0 unspecified atom stereocenters. The zero-order valence-electron chi connectivity index (χ0n) is 17.5. The molecule has 0 aliphatic heterocycles. The lowest BCUT2D eigenvalue weighted by atomic mass is 9.92. The topological polar surface area (TPSA) is 107 Å². The highest BCUT2D eigenvalue weighted by Crippen LogP contribution is 2.32. The molecule has 33 heavy (non-hydrogen) atoms. The fourth-order valence-corrected chi connectivity index (χ4v) is 5.56. The summed E-state index contributed by atoms with van der Waals surface area (Å²) in [7, 11) is -3.78. The number of aryl methyl sites for hydroxylation is 1. The van der Waals surface area contributed by atoms with Gasteiger partial charge in [-0.15, -0.1) is 0 Å². The summed E-state index contributed by atoms with van der Waals surface area (Å²) < 4.78 is 66.9.